The van der Waals surface area contributed by atoms with Gasteiger partial charge in [-0.15, -0.1) is 5.10 Å². The summed E-state index contributed by atoms with van der Waals surface area (Å²) in [5, 5.41) is 12.2. The molecule has 1 aromatic heterocycles. The minimum absolute atomic E-state index is 0.130. The SMILES string of the molecule is CCN(CC1CCCCC1)c1cc2c(cc1CN(Cc1cc(C(F)(F)F)cc(C(F)(F)F)c1)c1nnn(C)n1)CCC2. The summed E-state index contributed by atoms with van der Waals surface area (Å²) in [5.74, 6) is 0.716. The summed E-state index contributed by atoms with van der Waals surface area (Å²) in [4.78, 5) is 5.20. The standard InChI is InChI=1S/C30H36F6N6/c1-3-41(17-20-8-5-4-6-9-20)27-15-23-11-7-10-22(23)14-24(27)19-42(28-37-39-40(2)38-28)18-21-12-25(29(31,32)33)16-26(13-21)30(34,35)36/h12-16,20H,3-11,17-19H2,1-2H3. The normalized spacial score (nSPS) is 16.1. The van der Waals surface area contributed by atoms with Crippen LogP contribution in [0.25, 0.3) is 0 Å². The molecule has 0 saturated heterocycles. The third kappa shape index (κ3) is 7.00. The molecule has 1 heterocycles. The maximum atomic E-state index is 13.6. The minimum atomic E-state index is -4.93. The molecule has 0 amide bonds. The number of hydrogen-bond donors (Lipinski definition) is 0. The van der Waals surface area contributed by atoms with Crippen molar-refractivity contribution in [3.05, 3.63) is 63.7 Å². The van der Waals surface area contributed by atoms with E-state index in [0.29, 0.717) is 5.92 Å². The van der Waals surface area contributed by atoms with E-state index in [2.05, 4.69) is 39.4 Å². The highest BCUT2D eigenvalue weighted by Gasteiger charge is 2.37. The van der Waals surface area contributed by atoms with Crippen LogP contribution in [0, 0.1) is 5.92 Å². The number of fused-ring (bicyclic) bond motifs is 1. The highest BCUT2D eigenvalue weighted by atomic mass is 19.4. The van der Waals surface area contributed by atoms with E-state index < -0.39 is 23.5 Å². The number of alkyl halides is 6. The first kappa shape index (κ1) is 30.2. The summed E-state index contributed by atoms with van der Waals surface area (Å²) < 4.78 is 81.7. The van der Waals surface area contributed by atoms with Crippen molar-refractivity contribution < 1.29 is 26.3 Å². The van der Waals surface area contributed by atoms with E-state index in [1.165, 1.54) is 48.0 Å². The van der Waals surface area contributed by atoms with Crippen LogP contribution in [0.3, 0.4) is 0 Å². The first-order chi connectivity index (χ1) is 19.9. The van der Waals surface area contributed by atoms with Crippen LogP contribution < -0.4 is 9.80 Å². The van der Waals surface area contributed by atoms with Crippen LogP contribution in [0.4, 0.5) is 38.0 Å². The Morgan fingerprint density at radius 2 is 1.45 bits per heavy atom. The fourth-order valence-electron chi connectivity index (χ4n) is 6.30. The summed E-state index contributed by atoms with van der Waals surface area (Å²) in [6.07, 6.45) is -0.811. The zero-order valence-corrected chi connectivity index (χ0v) is 23.9. The number of rotatable bonds is 9. The molecule has 0 spiro atoms. The second kappa shape index (κ2) is 12.1. The van der Waals surface area contributed by atoms with Crippen molar-refractivity contribution in [2.24, 2.45) is 13.0 Å². The van der Waals surface area contributed by atoms with Crippen molar-refractivity contribution in [1.29, 1.82) is 0 Å². The van der Waals surface area contributed by atoms with Gasteiger partial charge in [0, 0.05) is 31.9 Å². The zero-order valence-electron chi connectivity index (χ0n) is 23.9. The predicted molar refractivity (Wildman–Crippen MR) is 148 cm³/mol. The van der Waals surface area contributed by atoms with Gasteiger partial charge in [-0.1, -0.05) is 30.4 Å². The molecular formula is C30H36F6N6. The van der Waals surface area contributed by atoms with Gasteiger partial charge < -0.3 is 9.80 Å². The van der Waals surface area contributed by atoms with Crippen molar-refractivity contribution >= 4 is 11.6 Å². The van der Waals surface area contributed by atoms with Crippen LogP contribution in [0.1, 0.15) is 78.8 Å². The van der Waals surface area contributed by atoms with Gasteiger partial charge in [0.2, 0.25) is 0 Å². The molecule has 228 valence electrons. The van der Waals surface area contributed by atoms with Gasteiger partial charge in [0.15, 0.2) is 0 Å². The lowest BCUT2D eigenvalue weighted by molar-refractivity contribution is -0.143. The summed E-state index contributed by atoms with van der Waals surface area (Å²) >= 11 is 0. The van der Waals surface area contributed by atoms with Crippen LogP contribution in [-0.4, -0.2) is 33.3 Å². The second-order valence-corrected chi connectivity index (χ2v) is 11.5. The van der Waals surface area contributed by atoms with E-state index in [1.807, 2.05) is 0 Å². The van der Waals surface area contributed by atoms with Crippen LogP contribution >= 0.6 is 0 Å². The monoisotopic (exact) mass is 594 g/mol. The number of benzene rings is 2. The topological polar surface area (TPSA) is 50.1 Å². The Morgan fingerprint density at radius 3 is 2.02 bits per heavy atom. The molecule has 0 aliphatic heterocycles. The first-order valence-corrected chi connectivity index (χ1v) is 14.6. The third-order valence-corrected chi connectivity index (χ3v) is 8.38. The fraction of sp³-hybridized carbons (Fsp3) is 0.567. The largest absolute Gasteiger partial charge is 0.416 e. The molecular weight excluding hydrogens is 558 g/mol. The van der Waals surface area contributed by atoms with Crippen molar-refractivity contribution in [2.75, 3.05) is 22.9 Å². The summed E-state index contributed by atoms with van der Waals surface area (Å²) in [6.45, 7) is 3.75. The molecule has 2 aliphatic rings. The molecule has 0 atom stereocenters. The number of aromatic nitrogens is 4. The minimum Gasteiger partial charge on any atom is -0.371 e. The first-order valence-electron chi connectivity index (χ1n) is 14.6. The Morgan fingerprint density at radius 1 is 0.810 bits per heavy atom. The van der Waals surface area contributed by atoms with Crippen LogP contribution in [0.2, 0.25) is 0 Å². The number of anilines is 2. The van der Waals surface area contributed by atoms with Gasteiger partial charge in [-0.25, -0.2) is 0 Å². The predicted octanol–water partition coefficient (Wildman–Crippen LogP) is 7.35. The maximum absolute atomic E-state index is 13.6. The lowest BCUT2D eigenvalue weighted by Crippen LogP contribution is -2.32. The molecule has 0 N–H and O–H groups in total. The van der Waals surface area contributed by atoms with Gasteiger partial charge in [0.25, 0.3) is 5.95 Å². The quantitative estimate of drug-likeness (QED) is 0.243. The van der Waals surface area contributed by atoms with E-state index in [-0.39, 0.29) is 30.7 Å². The van der Waals surface area contributed by atoms with Crippen molar-refractivity contribution in [1.82, 2.24) is 20.2 Å². The maximum Gasteiger partial charge on any atom is 0.416 e. The van der Waals surface area contributed by atoms with E-state index in [0.717, 1.165) is 55.7 Å². The average Bonchev–Trinajstić information content (AvgIpc) is 3.59. The van der Waals surface area contributed by atoms with Crippen LogP contribution in [0.5, 0.6) is 0 Å². The number of hydrogen-bond acceptors (Lipinski definition) is 5. The molecule has 42 heavy (non-hydrogen) atoms. The molecule has 12 heteroatoms. The van der Waals surface area contributed by atoms with Crippen molar-refractivity contribution in [2.45, 2.75) is 83.7 Å². The lowest BCUT2D eigenvalue weighted by atomic mass is 9.88. The summed E-state index contributed by atoms with van der Waals surface area (Å²) in [7, 11) is 1.56. The number of tetrazole rings is 1. The molecule has 1 fully saturated rings. The van der Waals surface area contributed by atoms with Crippen molar-refractivity contribution in [3.8, 4) is 0 Å². The molecule has 6 nitrogen and oxygen atoms in total. The Hall–Kier alpha value is -3.31. The third-order valence-electron chi connectivity index (χ3n) is 8.38. The van der Waals surface area contributed by atoms with E-state index in [4.69, 9.17) is 0 Å². The fourth-order valence-corrected chi connectivity index (χ4v) is 6.30. The van der Waals surface area contributed by atoms with Crippen LogP contribution in [-0.2, 0) is 45.3 Å². The Balaban J connectivity index is 1.53. The van der Waals surface area contributed by atoms with E-state index in [9.17, 15) is 26.3 Å². The van der Waals surface area contributed by atoms with Gasteiger partial charge in [-0.05, 0) is 96.7 Å². The Bertz CT molecular complexity index is 1340. The molecule has 0 unspecified atom stereocenters. The molecule has 1 saturated carbocycles. The van der Waals surface area contributed by atoms with Gasteiger partial charge in [-0.3, -0.25) is 0 Å². The Labute approximate surface area is 241 Å². The Kier molecular flexibility index (Phi) is 8.71. The highest BCUT2D eigenvalue weighted by Crippen LogP contribution is 2.38. The van der Waals surface area contributed by atoms with Gasteiger partial charge in [0.1, 0.15) is 0 Å². The molecule has 0 bridgehead atoms. The van der Waals surface area contributed by atoms with E-state index >= 15 is 0 Å². The lowest BCUT2D eigenvalue weighted by Gasteiger charge is -2.33. The smallest absolute Gasteiger partial charge is 0.371 e. The molecule has 0 radical (unpaired) electrons. The van der Waals surface area contributed by atoms with Gasteiger partial charge >= 0.3 is 12.4 Å². The summed E-state index contributed by atoms with van der Waals surface area (Å²) in [5.41, 5.74) is 1.70. The average molecular weight is 595 g/mol. The second-order valence-electron chi connectivity index (χ2n) is 11.5. The van der Waals surface area contributed by atoms with Crippen LogP contribution in [0.15, 0.2) is 30.3 Å². The molecule has 2 aromatic carbocycles. The van der Waals surface area contributed by atoms with Gasteiger partial charge in [0.05, 0.1) is 18.2 Å². The highest BCUT2D eigenvalue weighted by molar-refractivity contribution is 5.60. The van der Waals surface area contributed by atoms with Crippen molar-refractivity contribution in [3.63, 3.8) is 0 Å². The molecule has 5 rings (SSSR count). The number of halogens is 6. The molecule has 3 aromatic rings. The number of nitrogens with zero attached hydrogens (tertiary/aromatic N) is 6. The zero-order chi connectivity index (χ0) is 30.1. The van der Waals surface area contributed by atoms with Gasteiger partial charge in [-0.2, -0.15) is 31.1 Å². The van der Waals surface area contributed by atoms with E-state index in [1.54, 1.807) is 11.9 Å². The number of aryl methyl sites for hydroxylation is 3. The molecule has 2 aliphatic carbocycles. The summed E-state index contributed by atoms with van der Waals surface area (Å²) in [6, 6.07) is 6.07.